The fraction of sp³-hybridized carbons (Fsp3) is 0.889. The maximum absolute atomic E-state index is 10.8. The highest BCUT2D eigenvalue weighted by Crippen LogP contribution is 2.21. The molecule has 2 heterocycles. The van der Waals surface area contributed by atoms with E-state index >= 15 is 0 Å². The predicted octanol–water partition coefficient (Wildman–Crippen LogP) is 0.437. The van der Waals surface area contributed by atoms with Crippen LogP contribution < -0.4 is 5.32 Å². The molecule has 4 heteroatoms. The van der Waals surface area contributed by atoms with Crippen molar-refractivity contribution in [1.82, 2.24) is 10.2 Å². The predicted molar refractivity (Wildman–Crippen MR) is 48.5 cm³/mol. The second-order valence-electron chi connectivity index (χ2n) is 3.79. The van der Waals surface area contributed by atoms with Crippen molar-refractivity contribution in [1.29, 1.82) is 0 Å². The van der Waals surface area contributed by atoms with E-state index in [4.69, 9.17) is 4.74 Å². The number of nitrogens with zero attached hydrogens (tertiary/aromatic N) is 1. The molecule has 0 radical (unpaired) electrons. The molecule has 0 spiro atoms. The number of hydrogen-bond acceptors (Lipinski definition) is 3. The van der Waals surface area contributed by atoms with E-state index in [0.717, 1.165) is 19.6 Å². The summed E-state index contributed by atoms with van der Waals surface area (Å²) in [6.45, 7) is 6.10. The standard InChI is InChI=1S/C9H16N2O2/c1-2-11-4-3-7(5-11)8-6-13-9(12)10-8/h7-8H,2-6H2,1H3,(H,10,12). The lowest BCUT2D eigenvalue weighted by molar-refractivity contribution is 0.175. The summed E-state index contributed by atoms with van der Waals surface area (Å²) < 4.78 is 4.88. The van der Waals surface area contributed by atoms with Gasteiger partial charge in [-0.05, 0) is 25.4 Å². The third-order valence-corrected chi connectivity index (χ3v) is 3.02. The lowest BCUT2D eigenvalue weighted by Gasteiger charge is -2.16. The van der Waals surface area contributed by atoms with Gasteiger partial charge >= 0.3 is 6.09 Å². The number of nitrogens with one attached hydrogen (secondary N) is 1. The highest BCUT2D eigenvalue weighted by Gasteiger charge is 2.34. The molecule has 2 rings (SSSR count). The summed E-state index contributed by atoms with van der Waals surface area (Å²) in [4.78, 5) is 13.2. The quantitative estimate of drug-likeness (QED) is 0.677. The molecule has 1 amide bonds. The summed E-state index contributed by atoms with van der Waals surface area (Å²) in [5.41, 5.74) is 0. The van der Waals surface area contributed by atoms with Gasteiger partial charge in [0, 0.05) is 6.54 Å². The van der Waals surface area contributed by atoms with E-state index in [0.29, 0.717) is 12.5 Å². The van der Waals surface area contributed by atoms with Gasteiger partial charge in [-0.3, -0.25) is 0 Å². The molecule has 4 nitrogen and oxygen atoms in total. The average molecular weight is 184 g/mol. The summed E-state index contributed by atoms with van der Waals surface area (Å²) in [5, 5.41) is 2.85. The van der Waals surface area contributed by atoms with Crippen LogP contribution in [-0.2, 0) is 4.74 Å². The van der Waals surface area contributed by atoms with Crippen molar-refractivity contribution >= 4 is 6.09 Å². The number of hydrogen-bond donors (Lipinski definition) is 1. The Balaban J connectivity index is 1.85. The van der Waals surface area contributed by atoms with Crippen LogP contribution in [0, 0.1) is 5.92 Å². The number of cyclic esters (lactones) is 1. The SMILES string of the molecule is CCN1CCC(C2COC(=O)N2)C1. The Bertz CT molecular complexity index is 208. The molecule has 2 aliphatic rings. The molecule has 0 aromatic carbocycles. The second kappa shape index (κ2) is 3.54. The van der Waals surface area contributed by atoms with E-state index in [-0.39, 0.29) is 12.1 Å². The average Bonchev–Trinajstić information content (AvgIpc) is 2.71. The van der Waals surface area contributed by atoms with E-state index in [1.807, 2.05) is 0 Å². The summed E-state index contributed by atoms with van der Waals surface area (Å²) in [6.07, 6.45) is 0.933. The normalized spacial score (nSPS) is 34.7. The van der Waals surface area contributed by atoms with Crippen molar-refractivity contribution in [3.05, 3.63) is 0 Å². The number of rotatable bonds is 2. The Hall–Kier alpha value is -0.770. The first-order valence-corrected chi connectivity index (χ1v) is 4.95. The van der Waals surface area contributed by atoms with Crippen LogP contribution in [0.15, 0.2) is 0 Å². The number of amides is 1. The molecular weight excluding hydrogens is 168 g/mol. The summed E-state index contributed by atoms with van der Waals surface area (Å²) in [5.74, 6) is 0.589. The van der Waals surface area contributed by atoms with Crippen LogP contribution in [0.5, 0.6) is 0 Å². The molecule has 2 fully saturated rings. The third-order valence-electron chi connectivity index (χ3n) is 3.02. The smallest absolute Gasteiger partial charge is 0.407 e. The van der Waals surface area contributed by atoms with Crippen molar-refractivity contribution in [2.45, 2.75) is 19.4 Å². The Morgan fingerprint density at radius 1 is 1.69 bits per heavy atom. The maximum atomic E-state index is 10.8. The molecule has 0 aliphatic carbocycles. The molecular formula is C9H16N2O2. The number of likely N-dealkylation sites (tertiary alicyclic amines) is 1. The van der Waals surface area contributed by atoms with Gasteiger partial charge in [0.25, 0.3) is 0 Å². The molecule has 2 saturated heterocycles. The number of ether oxygens (including phenoxy) is 1. The van der Waals surface area contributed by atoms with Crippen molar-refractivity contribution in [3.8, 4) is 0 Å². The van der Waals surface area contributed by atoms with Gasteiger partial charge in [0.2, 0.25) is 0 Å². The Labute approximate surface area is 78.2 Å². The molecule has 74 valence electrons. The lowest BCUT2D eigenvalue weighted by atomic mass is 10.0. The minimum Gasteiger partial charge on any atom is -0.447 e. The molecule has 0 aromatic rings. The largest absolute Gasteiger partial charge is 0.447 e. The molecule has 0 aromatic heterocycles. The highest BCUT2D eigenvalue weighted by atomic mass is 16.6. The van der Waals surface area contributed by atoms with Crippen LogP contribution in [0.1, 0.15) is 13.3 Å². The molecule has 0 bridgehead atoms. The minimum absolute atomic E-state index is 0.250. The monoisotopic (exact) mass is 184 g/mol. The fourth-order valence-electron chi connectivity index (χ4n) is 2.13. The van der Waals surface area contributed by atoms with Gasteiger partial charge in [0.05, 0.1) is 6.04 Å². The van der Waals surface area contributed by atoms with Crippen LogP contribution in [0.25, 0.3) is 0 Å². The zero-order valence-corrected chi connectivity index (χ0v) is 7.95. The Morgan fingerprint density at radius 3 is 3.08 bits per heavy atom. The van der Waals surface area contributed by atoms with Crippen molar-refractivity contribution < 1.29 is 9.53 Å². The molecule has 1 N–H and O–H groups in total. The first kappa shape index (κ1) is 8.81. The van der Waals surface area contributed by atoms with Crippen molar-refractivity contribution in [2.24, 2.45) is 5.92 Å². The highest BCUT2D eigenvalue weighted by molar-refractivity contribution is 5.69. The van der Waals surface area contributed by atoms with Crippen LogP contribution in [0.3, 0.4) is 0 Å². The van der Waals surface area contributed by atoms with E-state index in [1.54, 1.807) is 0 Å². The van der Waals surface area contributed by atoms with E-state index in [2.05, 4.69) is 17.1 Å². The first-order valence-electron chi connectivity index (χ1n) is 4.95. The van der Waals surface area contributed by atoms with Gasteiger partial charge in [-0.2, -0.15) is 0 Å². The second-order valence-corrected chi connectivity index (χ2v) is 3.79. The molecule has 13 heavy (non-hydrogen) atoms. The number of carbonyl (C=O) groups is 1. The van der Waals surface area contributed by atoms with Gasteiger partial charge in [0.15, 0.2) is 0 Å². The molecule has 2 aliphatic heterocycles. The van der Waals surface area contributed by atoms with Gasteiger partial charge in [-0.15, -0.1) is 0 Å². The van der Waals surface area contributed by atoms with E-state index in [1.165, 1.54) is 6.42 Å². The van der Waals surface area contributed by atoms with E-state index in [9.17, 15) is 4.79 Å². The van der Waals surface area contributed by atoms with Crippen molar-refractivity contribution in [3.63, 3.8) is 0 Å². The van der Waals surface area contributed by atoms with Crippen LogP contribution in [-0.4, -0.2) is 43.3 Å². The number of alkyl carbamates (subject to hydrolysis) is 1. The van der Waals surface area contributed by atoms with Crippen LogP contribution >= 0.6 is 0 Å². The topological polar surface area (TPSA) is 41.6 Å². The van der Waals surface area contributed by atoms with Gasteiger partial charge in [0.1, 0.15) is 6.61 Å². The van der Waals surface area contributed by atoms with E-state index < -0.39 is 0 Å². The Kier molecular flexibility index (Phi) is 2.40. The Morgan fingerprint density at radius 2 is 2.54 bits per heavy atom. The lowest BCUT2D eigenvalue weighted by Crippen LogP contribution is -2.35. The van der Waals surface area contributed by atoms with Gasteiger partial charge < -0.3 is 15.0 Å². The summed E-state index contributed by atoms with van der Waals surface area (Å²) >= 11 is 0. The zero-order chi connectivity index (χ0) is 9.26. The van der Waals surface area contributed by atoms with Gasteiger partial charge in [-0.25, -0.2) is 4.79 Å². The van der Waals surface area contributed by atoms with Crippen LogP contribution in [0.2, 0.25) is 0 Å². The molecule has 2 atom stereocenters. The van der Waals surface area contributed by atoms with Crippen LogP contribution in [0.4, 0.5) is 4.79 Å². The fourth-order valence-corrected chi connectivity index (χ4v) is 2.13. The van der Waals surface area contributed by atoms with Gasteiger partial charge in [-0.1, -0.05) is 6.92 Å². The maximum Gasteiger partial charge on any atom is 0.407 e. The first-order chi connectivity index (χ1) is 6.29. The zero-order valence-electron chi connectivity index (χ0n) is 7.95. The molecule has 2 unspecified atom stereocenters. The summed E-state index contributed by atoms with van der Waals surface area (Å²) in [7, 11) is 0. The minimum atomic E-state index is -0.250. The number of carbonyl (C=O) groups excluding carboxylic acids is 1. The third kappa shape index (κ3) is 1.77. The molecule has 0 saturated carbocycles. The van der Waals surface area contributed by atoms with Crippen molar-refractivity contribution in [2.75, 3.05) is 26.2 Å². The summed E-state index contributed by atoms with van der Waals surface area (Å²) in [6, 6.07) is 0.254.